The van der Waals surface area contributed by atoms with Crippen LogP contribution in [0.3, 0.4) is 0 Å². The van der Waals surface area contributed by atoms with Crippen LogP contribution in [-0.2, 0) is 0 Å². The minimum Gasteiger partial charge on any atom is -0.450 e. The fourth-order valence-electron chi connectivity index (χ4n) is 0.154. The van der Waals surface area contributed by atoms with Crippen molar-refractivity contribution in [2.24, 2.45) is 0 Å². The van der Waals surface area contributed by atoms with Crippen LogP contribution in [0.15, 0.2) is 12.2 Å². The average molecular weight is 154 g/mol. The highest BCUT2D eigenvalue weighted by molar-refractivity contribution is 5.53. The first-order chi connectivity index (χ1) is 4.50. The van der Waals surface area contributed by atoms with E-state index in [2.05, 4.69) is 0 Å². The maximum Gasteiger partial charge on any atom is 0.503 e. The Morgan fingerprint density at radius 1 is 1.50 bits per heavy atom. The van der Waals surface area contributed by atoms with Crippen LogP contribution < -0.4 is 0 Å². The Kier molecular flexibility index (Phi) is 9.16. The lowest BCUT2D eigenvalue weighted by atomic mass is 10.5. The number of hydrogen-bond acceptors (Lipinski definition) is 1. The molecule has 0 radical (unpaired) electrons. The van der Waals surface area contributed by atoms with Gasteiger partial charge in [0.15, 0.2) is 0 Å². The average Bonchev–Trinajstić information content (AvgIpc) is 1.62. The van der Waals surface area contributed by atoms with Crippen molar-refractivity contribution in [1.29, 1.82) is 0 Å². The number of rotatable bonds is 1. The third-order valence-electron chi connectivity index (χ3n) is 0.358. The van der Waals surface area contributed by atoms with Gasteiger partial charge in [-0.05, 0) is 12.5 Å². The molecule has 0 atom stereocenters. The fourth-order valence-corrected chi connectivity index (χ4v) is 0.154. The summed E-state index contributed by atoms with van der Waals surface area (Å²) < 4.78 is 21.8. The SMILES string of the molecule is CCC=C(F)F.O=C(O)O. The van der Waals surface area contributed by atoms with Crippen LogP contribution in [-0.4, -0.2) is 16.4 Å². The Morgan fingerprint density at radius 2 is 1.80 bits per heavy atom. The molecule has 0 saturated heterocycles. The van der Waals surface area contributed by atoms with E-state index in [4.69, 9.17) is 15.0 Å². The summed E-state index contributed by atoms with van der Waals surface area (Å²) >= 11 is 0. The summed E-state index contributed by atoms with van der Waals surface area (Å²) in [4.78, 5) is 8.56. The van der Waals surface area contributed by atoms with Gasteiger partial charge >= 0.3 is 6.16 Å². The zero-order valence-electron chi connectivity index (χ0n) is 5.34. The van der Waals surface area contributed by atoms with Crippen molar-refractivity contribution in [3.05, 3.63) is 12.2 Å². The van der Waals surface area contributed by atoms with Crippen molar-refractivity contribution in [3.8, 4) is 0 Å². The zero-order valence-corrected chi connectivity index (χ0v) is 5.34. The summed E-state index contributed by atoms with van der Waals surface area (Å²) in [5.74, 6) is 0. The van der Waals surface area contributed by atoms with Gasteiger partial charge in [-0.2, -0.15) is 8.78 Å². The summed E-state index contributed by atoms with van der Waals surface area (Å²) in [6, 6.07) is 0. The lowest BCUT2D eigenvalue weighted by molar-refractivity contribution is 0.137. The van der Waals surface area contributed by atoms with Crippen molar-refractivity contribution >= 4 is 6.16 Å². The van der Waals surface area contributed by atoms with E-state index in [1.165, 1.54) is 0 Å². The summed E-state index contributed by atoms with van der Waals surface area (Å²) in [5, 5.41) is 13.9. The van der Waals surface area contributed by atoms with E-state index in [-0.39, 0.29) is 0 Å². The molecule has 10 heavy (non-hydrogen) atoms. The maximum absolute atomic E-state index is 10.9. The number of allylic oxidation sites excluding steroid dienone is 1. The van der Waals surface area contributed by atoms with Gasteiger partial charge in [0.05, 0.1) is 0 Å². The summed E-state index contributed by atoms with van der Waals surface area (Å²) in [7, 11) is 0. The number of carboxylic acid groups (broad SMARTS) is 2. The molecule has 0 aliphatic carbocycles. The predicted octanol–water partition coefficient (Wildman–Crippen LogP) is 2.40. The molecule has 2 N–H and O–H groups in total. The molecule has 0 aromatic carbocycles. The van der Waals surface area contributed by atoms with Gasteiger partial charge in [-0.1, -0.05) is 6.92 Å². The second-order valence-corrected chi connectivity index (χ2v) is 1.18. The van der Waals surface area contributed by atoms with Crippen LogP contribution >= 0.6 is 0 Å². The van der Waals surface area contributed by atoms with Crippen molar-refractivity contribution in [2.45, 2.75) is 13.3 Å². The molecular formula is C5H8F2O3. The van der Waals surface area contributed by atoms with Gasteiger partial charge in [0.2, 0.25) is 0 Å². The maximum atomic E-state index is 10.9. The molecule has 0 spiro atoms. The highest BCUT2D eigenvalue weighted by Gasteiger charge is 1.78. The van der Waals surface area contributed by atoms with E-state index in [1.54, 1.807) is 6.92 Å². The van der Waals surface area contributed by atoms with E-state index >= 15 is 0 Å². The summed E-state index contributed by atoms with van der Waals surface area (Å²) in [6.45, 7) is 1.67. The quantitative estimate of drug-likeness (QED) is 0.609. The Balaban J connectivity index is 0. The molecule has 3 nitrogen and oxygen atoms in total. The van der Waals surface area contributed by atoms with Gasteiger partial charge in [0, 0.05) is 0 Å². The number of carbonyl (C=O) groups is 1. The lowest BCUT2D eigenvalue weighted by Crippen LogP contribution is -1.81. The van der Waals surface area contributed by atoms with Crippen LogP contribution in [0.25, 0.3) is 0 Å². The molecule has 5 heteroatoms. The lowest BCUT2D eigenvalue weighted by Gasteiger charge is -1.71. The largest absolute Gasteiger partial charge is 0.503 e. The van der Waals surface area contributed by atoms with E-state index in [1.807, 2.05) is 0 Å². The van der Waals surface area contributed by atoms with Gasteiger partial charge in [-0.25, -0.2) is 4.79 Å². The van der Waals surface area contributed by atoms with E-state index in [0.29, 0.717) is 6.42 Å². The molecule has 0 bridgehead atoms. The molecule has 0 amide bonds. The Labute approximate surface area is 56.6 Å². The number of halogens is 2. The minimum absolute atomic E-state index is 0.419. The van der Waals surface area contributed by atoms with Crippen LogP contribution in [0, 0.1) is 0 Å². The molecule has 0 aromatic rings. The molecule has 0 aromatic heterocycles. The standard InChI is InChI=1S/C4H6F2.CH2O3/c1-2-3-4(5)6;2-1(3)4/h3H,2H2,1H3;(H2,2,3,4). The fraction of sp³-hybridized carbons (Fsp3) is 0.400. The monoisotopic (exact) mass is 154 g/mol. The van der Waals surface area contributed by atoms with Gasteiger partial charge < -0.3 is 10.2 Å². The van der Waals surface area contributed by atoms with Gasteiger partial charge in [-0.3, -0.25) is 0 Å². The van der Waals surface area contributed by atoms with Crippen molar-refractivity contribution < 1.29 is 23.8 Å². The molecule has 0 rings (SSSR count). The molecule has 0 saturated carbocycles. The van der Waals surface area contributed by atoms with Gasteiger partial charge in [-0.15, -0.1) is 0 Å². The Bertz CT molecular complexity index is 114. The van der Waals surface area contributed by atoms with E-state index in [0.717, 1.165) is 6.08 Å². The van der Waals surface area contributed by atoms with Crippen LogP contribution in [0.5, 0.6) is 0 Å². The van der Waals surface area contributed by atoms with Crippen molar-refractivity contribution in [3.63, 3.8) is 0 Å². The molecule has 0 aliphatic heterocycles. The molecule has 0 unspecified atom stereocenters. The van der Waals surface area contributed by atoms with E-state index in [9.17, 15) is 8.78 Å². The Morgan fingerprint density at radius 3 is 1.80 bits per heavy atom. The first-order valence-electron chi connectivity index (χ1n) is 2.43. The second-order valence-electron chi connectivity index (χ2n) is 1.18. The molecule has 60 valence electrons. The summed E-state index contributed by atoms with van der Waals surface area (Å²) in [6.07, 6.45) is -2.12. The molecule has 0 aliphatic rings. The molecule has 0 heterocycles. The highest BCUT2D eigenvalue weighted by Crippen LogP contribution is 1.96. The second kappa shape index (κ2) is 7.87. The minimum atomic E-state index is -1.83. The van der Waals surface area contributed by atoms with Gasteiger partial charge in [0.25, 0.3) is 6.08 Å². The predicted molar refractivity (Wildman–Crippen MR) is 31.2 cm³/mol. The third kappa shape index (κ3) is 67.7. The van der Waals surface area contributed by atoms with Crippen molar-refractivity contribution in [2.75, 3.05) is 0 Å². The first kappa shape index (κ1) is 11.6. The van der Waals surface area contributed by atoms with Crippen LogP contribution in [0.4, 0.5) is 13.6 Å². The van der Waals surface area contributed by atoms with Crippen molar-refractivity contribution in [1.82, 2.24) is 0 Å². The van der Waals surface area contributed by atoms with Crippen LogP contribution in [0.1, 0.15) is 13.3 Å². The first-order valence-corrected chi connectivity index (χ1v) is 2.43. The highest BCUT2D eigenvalue weighted by atomic mass is 19.3. The van der Waals surface area contributed by atoms with E-state index < -0.39 is 12.2 Å². The normalized spacial score (nSPS) is 7.10. The zero-order chi connectivity index (χ0) is 8.57. The molecular weight excluding hydrogens is 146 g/mol. The molecule has 0 fully saturated rings. The van der Waals surface area contributed by atoms with Crippen LogP contribution in [0.2, 0.25) is 0 Å². The third-order valence-corrected chi connectivity index (χ3v) is 0.358. The Hall–Kier alpha value is -1.13. The van der Waals surface area contributed by atoms with Gasteiger partial charge in [0.1, 0.15) is 0 Å². The number of hydrogen-bond donors (Lipinski definition) is 2. The summed E-state index contributed by atoms with van der Waals surface area (Å²) in [5.41, 5.74) is 0. The topological polar surface area (TPSA) is 57.5 Å². The smallest absolute Gasteiger partial charge is 0.450 e.